The number of nitrogens with two attached hydrogens (primary N) is 1. The lowest BCUT2D eigenvalue weighted by Crippen LogP contribution is -2.24. The maximum Gasteiger partial charge on any atom is 0.353 e. The molecule has 170 valence electrons. The van der Waals surface area contributed by atoms with Crippen LogP contribution in [0.3, 0.4) is 0 Å². The Morgan fingerprint density at radius 2 is 1.79 bits per heavy atom. The van der Waals surface area contributed by atoms with Crippen LogP contribution in [0.4, 0.5) is 14.7 Å². The van der Waals surface area contributed by atoms with E-state index in [9.17, 15) is 18.4 Å². The van der Waals surface area contributed by atoms with Gasteiger partial charge in [-0.3, -0.25) is 9.78 Å². The fourth-order valence-electron chi connectivity index (χ4n) is 3.72. The minimum absolute atomic E-state index is 0.119. The largest absolute Gasteiger partial charge is 0.369 e. The van der Waals surface area contributed by atoms with Crippen LogP contribution in [-0.4, -0.2) is 28.7 Å². The summed E-state index contributed by atoms with van der Waals surface area (Å²) >= 11 is 0. The normalized spacial score (nSPS) is 11.3. The van der Waals surface area contributed by atoms with E-state index in [0.717, 1.165) is 15.3 Å². The van der Waals surface area contributed by atoms with Crippen LogP contribution in [0.15, 0.2) is 70.5 Å². The summed E-state index contributed by atoms with van der Waals surface area (Å²) in [5.74, 6) is -1.86. The van der Waals surface area contributed by atoms with E-state index in [2.05, 4.69) is 15.1 Å². The fraction of sp³-hybridized carbons (Fsp3) is 0.0870. The number of nitrogen functional groups attached to an aromatic ring is 1. The Balaban J connectivity index is 1.81. The molecule has 0 aliphatic heterocycles. The van der Waals surface area contributed by atoms with Crippen LogP contribution in [-0.2, 0) is 13.6 Å². The number of fused-ring (bicyclic) bond motifs is 1. The maximum absolute atomic E-state index is 14.2. The smallest absolute Gasteiger partial charge is 0.353 e. The molecule has 0 fully saturated rings. The molecule has 0 atom stereocenters. The Hall–Kier alpha value is -4.67. The molecular formula is C23H17F2N7O2. The van der Waals surface area contributed by atoms with Crippen LogP contribution in [0.25, 0.3) is 28.0 Å². The van der Waals surface area contributed by atoms with Crippen LogP contribution in [0, 0.1) is 11.6 Å². The van der Waals surface area contributed by atoms with E-state index in [4.69, 9.17) is 5.73 Å². The van der Waals surface area contributed by atoms with Gasteiger partial charge in [-0.05, 0) is 6.07 Å². The number of hydrogen-bond acceptors (Lipinski definition) is 6. The van der Waals surface area contributed by atoms with Crippen LogP contribution in [0.2, 0.25) is 0 Å². The summed E-state index contributed by atoms with van der Waals surface area (Å²) < 4.78 is 30.9. The molecule has 2 N–H and O–H groups in total. The molecule has 0 amide bonds. The van der Waals surface area contributed by atoms with Crippen molar-refractivity contribution in [1.29, 1.82) is 0 Å². The summed E-state index contributed by atoms with van der Waals surface area (Å²) in [6.45, 7) is -0.348. The van der Waals surface area contributed by atoms with Crippen LogP contribution in [0.5, 0.6) is 0 Å². The van der Waals surface area contributed by atoms with Gasteiger partial charge in [-0.15, -0.1) is 5.10 Å². The highest BCUT2D eigenvalue weighted by Gasteiger charge is 2.22. The molecule has 11 heteroatoms. The third-order valence-electron chi connectivity index (χ3n) is 5.36. The lowest BCUT2D eigenvalue weighted by atomic mass is 10.0. The Morgan fingerprint density at radius 3 is 2.50 bits per heavy atom. The lowest BCUT2D eigenvalue weighted by molar-refractivity contribution is 0.537. The van der Waals surface area contributed by atoms with Crippen LogP contribution >= 0.6 is 0 Å². The zero-order valence-corrected chi connectivity index (χ0v) is 17.8. The highest BCUT2D eigenvalue weighted by atomic mass is 19.1. The summed E-state index contributed by atoms with van der Waals surface area (Å²) in [5, 5.41) is 4.41. The topological polar surface area (TPSA) is 113 Å². The number of benzene rings is 1. The van der Waals surface area contributed by atoms with Crippen molar-refractivity contribution in [2.24, 2.45) is 7.05 Å². The molecule has 0 saturated carbocycles. The molecular weight excluding hydrogens is 444 g/mol. The average Bonchev–Trinajstić information content (AvgIpc) is 3.14. The van der Waals surface area contributed by atoms with E-state index >= 15 is 0 Å². The van der Waals surface area contributed by atoms with Gasteiger partial charge in [0.15, 0.2) is 5.65 Å². The quantitative estimate of drug-likeness (QED) is 0.439. The highest BCUT2D eigenvalue weighted by molar-refractivity contribution is 5.90. The number of aromatic nitrogens is 6. The van der Waals surface area contributed by atoms with Crippen molar-refractivity contribution >= 4 is 11.6 Å². The molecule has 0 radical (unpaired) electrons. The van der Waals surface area contributed by atoms with Gasteiger partial charge in [0.2, 0.25) is 11.5 Å². The summed E-state index contributed by atoms with van der Waals surface area (Å²) in [5.41, 5.74) is 7.47. The molecule has 4 aromatic heterocycles. The van der Waals surface area contributed by atoms with E-state index in [1.54, 1.807) is 19.3 Å². The molecule has 0 unspecified atom stereocenters. The van der Waals surface area contributed by atoms with Crippen LogP contribution in [0.1, 0.15) is 5.69 Å². The first kappa shape index (κ1) is 21.2. The van der Waals surface area contributed by atoms with Gasteiger partial charge in [-0.25, -0.2) is 27.6 Å². The van der Waals surface area contributed by atoms with Gasteiger partial charge in [0.1, 0.15) is 11.6 Å². The lowest BCUT2D eigenvalue weighted by Gasteiger charge is -2.12. The Bertz CT molecular complexity index is 1670. The summed E-state index contributed by atoms with van der Waals surface area (Å²) in [4.78, 5) is 33.3. The van der Waals surface area contributed by atoms with Gasteiger partial charge in [0.05, 0.1) is 29.7 Å². The Labute approximate surface area is 190 Å². The number of aryl methyl sites for hydroxylation is 1. The SMILES string of the molecule is Cn1cc(-c2c(-c3ccccc3)nc(N)n3c(=O)n(Cc4ncc(F)cc4F)nc23)ccc1=O. The van der Waals surface area contributed by atoms with E-state index < -0.39 is 17.3 Å². The van der Waals surface area contributed by atoms with Crippen molar-refractivity contribution in [2.75, 3.05) is 5.73 Å². The molecule has 9 nitrogen and oxygen atoms in total. The molecule has 5 rings (SSSR count). The summed E-state index contributed by atoms with van der Waals surface area (Å²) in [6, 6.07) is 12.8. The number of halogens is 2. The second-order valence-electron chi connectivity index (χ2n) is 7.61. The predicted octanol–water partition coefficient (Wildman–Crippen LogP) is 2.23. The first-order valence-electron chi connectivity index (χ1n) is 10.1. The van der Waals surface area contributed by atoms with E-state index in [0.29, 0.717) is 28.5 Å². The summed E-state index contributed by atoms with van der Waals surface area (Å²) in [6.07, 6.45) is 2.46. The Morgan fingerprint density at radius 1 is 1.03 bits per heavy atom. The second-order valence-corrected chi connectivity index (χ2v) is 7.61. The molecule has 5 aromatic rings. The van der Waals surface area contributed by atoms with Crippen molar-refractivity contribution in [3.05, 3.63) is 99.1 Å². The Kier molecular flexibility index (Phi) is 5.01. The van der Waals surface area contributed by atoms with Crippen molar-refractivity contribution in [2.45, 2.75) is 6.54 Å². The van der Waals surface area contributed by atoms with E-state index in [1.807, 2.05) is 30.3 Å². The van der Waals surface area contributed by atoms with Gasteiger partial charge < -0.3 is 10.3 Å². The van der Waals surface area contributed by atoms with Gasteiger partial charge in [0.25, 0.3) is 0 Å². The average molecular weight is 461 g/mol. The third-order valence-corrected chi connectivity index (χ3v) is 5.36. The van der Waals surface area contributed by atoms with Crippen molar-refractivity contribution in [3.63, 3.8) is 0 Å². The van der Waals surface area contributed by atoms with E-state index in [1.165, 1.54) is 10.6 Å². The molecule has 0 bridgehead atoms. The molecule has 0 spiro atoms. The van der Waals surface area contributed by atoms with E-state index in [-0.39, 0.29) is 29.4 Å². The van der Waals surface area contributed by atoms with Crippen LogP contribution < -0.4 is 17.0 Å². The standard InChI is InChI=1S/C23H17F2N7O2/c1-30-11-14(7-8-18(30)33)19-20(13-5-3-2-4-6-13)28-22(26)32-21(19)29-31(23(32)34)12-17-16(25)9-15(24)10-27-17/h2-11H,12H2,1H3,(H2,26,28). The van der Waals surface area contributed by atoms with Crippen molar-refractivity contribution in [1.82, 2.24) is 28.7 Å². The van der Waals surface area contributed by atoms with Gasteiger partial charge in [0, 0.05) is 36.5 Å². The highest BCUT2D eigenvalue weighted by Crippen LogP contribution is 2.33. The number of pyridine rings is 2. The molecule has 0 saturated heterocycles. The zero-order valence-electron chi connectivity index (χ0n) is 17.8. The third kappa shape index (κ3) is 3.52. The first-order valence-corrected chi connectivity index (χ1v) is 10.1. The van der Waals surface area contributed by atoms with Gasteiger partial charge in [-0.2, -0.15) is 0 Å². The van der Waals surface area contributed by atoms with Crippen molar-refractivity contribution in [3.8, 4) is 22.4 Å². The number of hydrogen-bond donors (Lipinski definition) is 1. The van der Waals surface area contributed by atoms with Crippen molar-refractivity contribution < 1.29 is 8.78 Å². The number of nitrogens with zero attached hydrogens (tertiary/aromatic N) is 6. The zero-order chi connectivity index (χ0) is 24.0. The second kappa shape index (κ2) is 8.03. The summed E-state index contributed by atoms with van der Waals surface area (Å²) in [7, 11) is 1.60. The fourth-order valence-corrected chi connectivity index (χ4v) is 3.72. The predicted molar refractivity (Wildman–Crippen MR) is 121 cm³/mol. The molecule has 34 heavy (non-hydrogen) atoms. The molecule has 4 heterocycles. The first-order chi connectivity index (χ1) is 16.3. The molecule has 0 aliphatic rings. The number of rotatable bonds is 4. The van der Waals surface area contributed by atoms with Gasteiger partial charge in [-0.1, -0.05) is 30.3 Å². The minimum Gasteiger partial charge on any atom is -0.369 e. The van der Waals surface area contributed by atoms with Gasteiger partial charge >= 0.3 is 5.69 Å². The molecule has 0 aliphatic carbocycles. The monoisotopic (exact) mass is 461 g/mol. The maximum atomic E-state index is 14.2. The minimum atomic E-state index is -0.904. The molecule has 1 aromatic carbocycles. The number of anilines is 1.